The number of nitro groups is 1. The second-order valence-corrected chi connectivity index (χ2v) is 4.41. The first-order valence-corrected chi connectivity index (χ1v) is 5.86. The van der Waals surface area contributed by atoms with Gasteiger partial charge >= 0.3 is 0 Å². The van der Waals surface area contributed by atoms with E-state index in [1.54, 1.807) is 6.92 Å². The van der Waals surface area contributed by atoms with Crippen LogP contribution in [0.3, 0.4) is 0 Å². The molecule has 0 saturated carbocycles. The third-order valence-electron chi connectivity index (χ3n) is 3.12. The van der Waals surface area contributed by atoms with E-state index in [9.17, 15) is 18.9 Å². The van der Waals surface area contributed by atoms with Crippen LogP contribution in [0.2, 0.25) is 0 Å². The van der Waals surface area contributed by atoms with E-state index < -0.39 is 22.6 Å². The van der Waals surface area contributed by atoms with Crippen LogP contribution >= 0.6 is 0 Å². The van der Waals surface area contributed by atoms with Gasteiger partial charge in [-0.05, 0) is 30.2 Å². The maximum Gasteiger partial charge on any atom is 0.269 e. The van der Waals surface area contributed by atoms with Crippen LogP contribution in [0.5, 0.6) is 0 Å². The minimum atomic E-state index is -1.10. The quantitative estimate of drug-likeness (QED) is 0.692. The Kier molecular flexibility index (Phi) is 3.76. The lowest BCUT2D eigenvalue weighted by Gasteiger charge is -2.16. The summed E-state index contributed by atoms with van der Waals surface area (Å²) in [5.41, 5.74) is 6.37. The molecule has 0 saturated heterocycles. The predicted molar refractivity (Wildman–Crippen MR) is 70.2 cm³/mol. The van der Waals surface area contributed by atoms with E-state index >= 15 is 0 Å². The fraction of sp³-hybridized carbons (Fsp3) is 0.143. The Labute approximate surface area is 114 Å². The van der Waals surface area contributed by atoms with Crippen LogP contribution in [0.15, 0.2) is 36.4 Å². The van der Waals surface area contributed by atoms with Crippen LogP contribution in [-0.2, 0) is 0 Å². The summed E-state index contributed by atoms with van der Waals surface area (Å²) in [5.74, 6) is -1.55. The summed E-state index contributed by atoms with van der Waals surface area (Å²) < 4.78 is 27.4. The highest BCUT2D eigenvalue weighted by Crippen LogP contribution is 2.29. The fourth-order valence-corrected chi connectivity index (χ4v) is 2.04. The van der Waals surface area contributed by atoms with Gasteiger partial charge < -0.3 is 5.73 Å². The lowest BCUT2D eigenvalue weighted by atomic mass is 9.94. The van der Waals surface area contributed by atoms with Gasteiger partial charge in [0.25, 0.3) is 5.69 Å². The standard InChI is InChI=1S/C14H12F2N2O2/c1-8-5-6-9(18(19)20)7-10(8)14(17)13-11(15)3-2-4-12(13)16/h2-7,14H,17H2,1H3. The van der Waals surface area contributed by atoms with Crippen molar-refractivity contribution in [2.45, 2.75) is 13.0 Å². The third kappa shape index (κ3) is 2.50. The molecule has 0 fully saturated rings. The molecule has 0 aliphatic heterocycles. The molecule has 2 N–H and O–H groups in total. The molecule has 2 rings (SSSR count). The van der Waals surface area contributed by atoms with Crippen LogP contribution in [0.1, 0.15) is 22.7 Å². The van der Waals surface area contributed by atoms with E-state index in [4.69, 9.17) is 5.73 Å². The van der Waals surface area contributed by atoms with Gasteiger partial charge in [-0.3, -0.25) is 10.1 Å². The molecule has 0 spiro atoms. The van der Waals surface area contributed by atoms with Gasteiger partial charge in [0, 0.05) is 17.7 Å². The van der Waals surface area contributed by atoms with E-state index in [0.29, 0.717) is 11.1 Å². The summed E-state index contributed by atoms with van der Waals surface area (Å²) in [4.78, 5) is 10.2. The largest absolute Gasteiger partial charge is 0.320 e. The summed E-state index contributed by atoms with van der Waals surface area (Å²) in [5, 5.41) is 10.8. The summed E-state index contributed by atoms with van der Waals surface area (Å²) in [6.07, 6.45) is 0. The predicted octanol–water partition coefficient (Wildman–Crippen LogP) is 3.23. The number of rotatable bonds is 3. The van der Waals surface area contributed by atoms with Gasteiger partial charge in [-0.25, -0.2) is 8.78 Å². The maximum atomic E-state index is 13.7. The first kappa shape index (κ1) is 14.1. The summed E-state index contributed by atoms with van der Waals surface area (Å²) in [7, 11) is 0. The number of halogens is 2. The number of benzene rings is 2. The molecule has 4 nitrogen and oxygen atoms in total. The molecule has 0 bridgehead atoms. The molecule has 0 aromatic heterocycles. The average molecular weight is 278 g/mol. The molecule has 1 unspecified atom stereocenters. The Hall–Kier alpha value is -2.34. The van der Waals surface area contributed by atoms with Gasteiger partial charge in [0.2, 0.25) is 0 Å². The number of nitrogens with zero attached hydrogens (tertiary/aromatic N) is 1. The molecule has 0 heterocycles. The third-order valence-corrected chi connectivity index (χ3v) is 3.12. The number of hydrogen-bond donors (Lipinski definition) is 1. The fourth-order valence-electron chi connectivity index (χ4n) is 2.04. The van der Waals surface area contributed by atoms with Crippen LogP contribution in [-0.4, -0.2) is 4.92 Å². The first-order valence-electron chi connectivity index (χ1n) is 5.86. The number of aryl methyl sites for hydroxylation is 1. The second-order valence-electron chi connectivity index (χ2n) is 4.41. The lowest BCUT2D eigenvalue weighted by molar-refractivity contribution is -0.384. The molecular formula is C14H12F2N2O2. The van der Waals surface area contributed by atoms with Crippen molar-refractivity contribution in [2.24, 2.45) is 5.73 Å². The van der Waals surface area contributed by atoms with E-state index in [2.05, 4.69) is 0 Å². The average Bonchev–Trinajstić information content (AvgIpc) is 2.38. The normalized spacial score (nSPS) is 12.2. The Morgan fingerprint density at radius 3 is 2.35 bits per heavy atom. The lowest BCUT2D eigenvalue weighted by Crippen LogP contribution is -2.17. The van der Waals surface area contributed by atoms with Gasteiger partial charge in [-0.1, -0.05) is 12.1 Å². The van der Waals surface area contributed by atoms with Crippen molar-refractivity contribution in [3.05, 3.63) is 74.8 Å². The van der Waals surface area contributed by atoms with Gasteiger partial charge in [0.05, 0.1) is 11.0 Å². The summed E-state index contributed by atoms with van der Waals surface area (Å²) in [6, 6.07) is 6.41. The van der Waals surface area contributed by atoms with Gasteiger partial charge in [0.15, 0.2) is 0 Å². The molecule has 6 heteroatoms. The zero-order chi connectivity index (χ0) is 14.9. The van der Waals surface area contributed by atoms with Crippen molar-refractivity contribution in [1.29, 1.82) is 0 Å². The zero-order valence-electron chi connectivity index (χ0n) is 10.6. The topological polar surface area (TPSA) is 69.2 Å². The second kappa shape index (κ2) is 5.34. The highest BCUT2D eigenvalue weighted by Gasteiger charge is 2.21. The molecule has 2 aromatic carbocycles. The van der Waals surface area contributed by atoms with Crippen LogP contribution in [0.4, 0.5) is 14.5 Å². The molecular weight excluding hydrogens is 266 g/mol. The van der Waals surface area contributed by atoms with Crippen LogP contribution in [0, 0.1) is 28.7 Å². The van der Waals surface area contributed by atoms with E-state index in [1.807, 2.05) is 0 Å². The molecule has 0 aliphatic rings. The SMILES string of the molecule is Cc1ccc([N+](=O)[O-])cc1C(N)c1c(F)cccc1F. The number of non-ortho nitro benzene ring substituents is 1. The molecule has 104 valence electrons. The molecule has 20 heavy (non-hydrogen) atoms. The highest BCUT2D eigenvalue weighted by atomic mass is 19.1. The van der Waals surface area contributed by atoms with Crippen molar-refractivity contribution >= 4 is 5.69 Å². The molecule has 0 amide bonds. The molecule has 0 radical (unpaired) electrons. The number of nitro benzene ring substituents is 1. The Morgan fingerprint density at radius 1 is 1.20 bits per heavy atom. The van der Waals surface area contributed by atoms with Crippen molar-refractivity contribution in [3.63, 3.8) is 0 Å². The van der Waals surface area contributed by atoms with Gasteiger partial charge in [-0.15, -0.1) is 0 Å². The Morgan fingerprint density at radius 2 is 1.80 bits per heavy atom. The minimum absolute atomic E-state index is 0.169. The maximum absolute atomic E-state index is 13.7. The summed E-state index contributed by atoms with van der Waals surface area (Å²) >= 11 is 0. The van der Waals surface area contributed by atoms with Gasteiger partial charge in [-0.2, -0.15) is 0 Å². The Balaban J connectivity index is 2.56. The number of nitrogens with two attached hydrogens (primary N) is 1. The monoisotopic (exact) mass is 278 g/mol. The van der Waals surface area contributed by atoms with Crippen molar-refractivity contribution in [2.75, 3.05) is 0 Å². The first-order chi connectivity index (χ1) is 9.41. The van der Waals surface area contributed by atoms with E-state index in [1.165, 1.54) is 24.3 Å². The Bertz CT molecular complexity index is 654. The van der Waals surface area contributed by atoms with Crippen molar-refractivity contribution in [1.82, 2.24) is 0 Å². The smallest absolute Gasteiger partial charge is 0.269 e. The van der Waals surface area contributed by atoms with E-state index in [-0.39, 0.29) is 11.3 Å². The van der Waals surface area contributed by atoms with Crippen molar-refractivity contribution in [3.8, 4) is 0 Å². The van der Waals surface area contributed by atoms with Crippen LogP contribution in [0.25, 0.3) is 0 Å². The highest BCUT2D eigenvalue weighted by molar-refractivity contribution is 5.44. The van der Waals surface area contributed by atoms with Crippen LogP contribution < -0.4 is 5.73 Å². The molecule has 0 aliphatic carbocycles. The summed E-state index contributed by atoms with van der Waals surface area (Å²) in [6.45, 7) is 1.68. The van der Waals surface area contributed by atoms with E-state index in [0.717, 1.165) is 12.1 Å². The van der Waals surface area contributed by atoms with Gasteiger partial charge in [0.1, 0.15) is 11.6 Å². The molecule has 2 aromatic rings. The zero-order valence-corrected chi connectivity index (χ0v) is 10.6. The molecule has 1 atom stereocenters. The minimum Gasteiger partial charge on any atom is -0.320 e. The van der Waals surface area contributed by atoms with Crippen molar-refractivity contribution < 1.29 is 13.7 Å². The number of hydrogen-bond acceptors (Lipinski definition) is 3.